The molecule has 200 valence electrons. The van der Waals surface area contributed by atoms with Crippen LogP contribution in [0.25, 0.3) is 0 Å². The number of hydrogen-bond acceptors (Lipinski definition) is 3. The molecule has 3 nitrogen and oxygen atoms in total. The molecule has 0 rings (SSSR count). The molecule has 0 aliphatic rings. The van der Waals surface area contributed by atoms with Gasteiger partial charge in [-0.1, -0.05) is 122 Å². The molecule has 0 atom stereocenters. The van der Waals surface area contributed by atoms with E-state index in [9.17, 15) is 4.79 Å². The van der Waals surface area contributed by atoms with E-state index in [0.29, 0.717) is 13.2 Å². The minimum Gasteiger partial charge on any atom is -0.434 e. The average Bonchev–Trinajstić information content (AvgIpc) is 2.84. The summed E-state index contributed by atoms with van der Waals surface area (Å²) in [4.78, 5) is 11.6. The lowest BCUT2D eigenvalue weighted by Crippen LogP contribution is -2.09. The number of carbonyl (C=O) groups is 1. The van der Waals surface area contributed by atoms with Crippen LogP contribution in [0.2, 0.25) is 0 Å². The first-order valence-corrected chi connectivity index (χ1v) is 14.9. The second kappa shape index (κ2) is 29.8. The van der Waals surface area contributed by atoms with Crippen LogP contribution in [0.15, 0.2) is 24.3 Å². The van der Waals surface area contributed by atoms with Gasteiger partial charge in [-0.2, -0.15) is 0 Å². The SMILES string of the molecule is CCCCC=CCCCCCCCCOC(=O)OCCCCCCCCC=CCCCCCC. The maximum atomic E-state index is 11.6. The van der Waals surface area contributed by atoms with Gasteiger partial charge < -0.3 is 9.47 Å². The van der Waals surface area contributed by atoms with Crippen LogP contribution >= 0.6 is 0 Å². The summed E-state index contributed by atoms with van der Waals surface area (Å²) in [7, 11) is 0. The van der Waals surface area contributed by atoms with Crippen LogP contribution in [0.5, 0.6) is 0 Å². The van der Waals surface area contributed by atoms with Crippen molar-refractivity contribution in [1.29, 1.82) is 0 Å². The second-order valence-electron chi connectivity index (χ2n) is 9.70. The topological polar surface area (TPSA) is 35.5 Å². The highest BCUT2D eigenvalue weighted by Crippen LogP contribution is 2.10. The Morgan fingerprint density at radius 1 is 0.441 bits per heavy atom. The van der Waals surface area contributed by atoms with Gasteiger partial charge in [-0.3, -0.25) is 0 Å². The van der Waals surface area contributed by atoms with Crippen LogP contribution in [-0.4, -0.2) is 19.4 Å². The van der Waals surface area contributed by atoms with Crippen LogP contribution in [0.4, 0.5) is 4.79 Å². The molecular weight excluding hydrogens is 420 g/mol. The molecule has 0 N–H and O–H groups in total. The van der Waals surface area contributed by atoms with Crippen molar-refractivity contribution in [2.24, 2.45) is 0 Å². The molecule has 0 aromatic rings. The zero-order valence-electron chi connectivity index (χ0n) is 23.0. The number of unbranched alkanes of at least 4 members (excludes halogenated alkanes) is 18. The van der Waals surface area contributed by atoms with Gasteiger partial charge in [0.05, 0.1) is 13.2 Å². The van der Waals surface area contributed by atoms with Gasteiger partial charge in [0.25, 0.3) is 0 Å². The van der Waals surface area contributed by atoms with Gasteiger partial charge in [-0.15, -0.1) is 0 Å². The zero-order chi connectivity index (χ0) is 24.8. The third-order valence-electron chi connectivity index (χ3n) is 6.25. The van der Waals surface area contributed by atoms with E-state index in [1.165, 1.54) is 116 Å². The fourth-order valence-corrected chi connectivity index (χ4v) is 3.98. The standard InChI is InChI=1S/C31H58O3/c1-3-5-7-9-11-13-15-17-18-20-22-24-26-28-30-34-31(32)33-29-27-25-23-21-19-16-14-12-10-8-6-4-2/h10,12-13,15H,3-9,11,14,16-30H2,1-2H3. The largest absolute Gasteiger partial charge is 0.508 e. The molecule has 0 aliphatic carbocycles. The molecule has 0 bridgehead atoms. The summed E-state index contributed by atoms with van der Waals surface area (Å²) < 4.78 is 10.4. The lowest BCUT2D eigenvalue weighted by molar-refractivity contribution is 0.0529. The third kappa shape index (κ3) is 28.8. The molecule has 0 unspecified atom stereocenters. The van der Waals surface area contributed by atoms with Crippen molar-refractivity contribution in [2.45, 2.75) is 155 Å². The molecule has 34 heavy (non-hydrogen) atoms. The summed E-state index contributed by atoms with van der Waals surface area (Å²) in [6.07, 6.45) is 36.2. The summed E-state index contributed by atoms with van der Waals surface area (Å²) in [5, 5.41) is 0. The van der Waals surface area contributed by atoms with E-state index in [0.717, 1.165) is 25.7 Å². The van der Waals surface area contributed by atoms with E-state index in [1.54, 1.807) is 0 Å². The van der Waals surface area contributed by atoms with E-state index in [4.69, 9.17) is 9.47 Å². The third-order valence-corrected chi connectivity index (χ3v) is 6.25. The summed E-state index contributed by atoms with van der Waals surface area (Å²) in [6, 6.07) is 0. The number of rotatable bonds is 26. The molecule has 3 heteroatoms. The highest BCUT2D eigenvalue weighted by molar-refractivity contribution is 5.59. The fourth-order valence-electron chi connectivity index (χ4n) is 3.98. The maximum Gasteiger partial charge on any atom is 0.508 e. The van der Waals surface area contributed by atoms with Gasteiger partial charge in [0.1, 0.15) is 0 Å². The van der Waals surface area contributed by atoms with Crippen molar-refractivity contribution in [1.82, 2.24) is 0 Å². The van der Waals surface area contributed by atoms with Crippen molar-refractivity contribution in [3.63, 3.8) is 0 Å². The predicted octanol–water partition coefficient (Wildman–Crippen LogP) is 10.9. The quantitative estimate of drug-likeness (QED) is 0.0704. The molecule has 0 saturated heterocycles. The Kier molecular flexibility index (Phi) is 28.7. The van der Waals surface area contributed by atoms with Crippen molar-refractivity contribution in [3.8, 4) is 0 Å². The smallest absolute Gasteiger partial charge is 0.434 e. The number of carbonyl (C=O) groups excluding carboxylic acids is 1. The monoisotopic (exact) mass is 478 g/mol. The highest BCUT2D eigenvalue weighted by Gasteiger charge is 2.03. The molecule has 0 amide bonds. The molecule has 0 radical (unpaired) electrons. The second-order valence-corrected chi connectivity index (χ2v) is 9.70. The normalized spacial score (nSPS) is 11.6. The van der Waals surface area contributed by atoms with Crippen LogP contribution in [-0.2, 0) is 9.47 Å². The predicted molar refractivity (Wildman–Crippen MR) is 149 cm³/mol. The molecule has 0 aliphatic heterocycles. The Morgan fingerprint density at radius 2 is 0.765 bits per heavy atom. The van der Waals surface area contributed by atoms with Crippen LogP contribution < -0.4 is 0 Å². The van der Waals surface area contributed by atoms with Crippen molar-refractivity contribution in [2.75, 3.05) is 13.2 Å². The Labute approximate surface area is 213 Å². The average molecular weight is 479 g/mol. The number of allylic oxidation sites excluding steroid dienone is 4. The zero-order valence-corrected chi connectivity index (χ0v) is 23.0. The highest BCUT2D eigenvalue weighted by atomic mass is 16.7. The van der Waals surface area contributed by atoms with E-state index in [-0.39, 0.29) is 0 Å². The van der Waals surface area contributed by atoms with Crippen molar-refractivity contribution in [3.05, 3.63) is 24.3 Å². The van der Waals surface area contributed by atoms with Crippen LogP contribution in [0.1, 0.15) is 155 Å². The lowest BCUT2D eigenvalue weighted by atomic mass is 10.1. The summed E-state index contributed by atoms with van der Waals surface area (Å²) in [5.74, 6) is 0. The van der Waals surface area contributed by atoms with Gasteiger partial charge >= 0.3 is 6.16 Å². The van der Waals surface area contributed by atoms with Crippen LogP contribution in [0, 0.1) is 0 Å². The van der Waals surface area contributed by atoms with Gasteiger partial charge in [-0.25, -0.2) is 4.79 Å². The molecule has 0 spiro atoms. The first kappa shape index (κ1) is 32.8. The maximum absolute atomic E-state index is 11.6. The minimum atomic E-state index is -0.489. The van der Waals surface area contributed by atoms with Gasteiger partial charge in [0, 0.05) is 0 Å². The molecular formula is C31H58O3. The van der Waals surface area contributed by atoms with E-state index < -0.39 is 6.16 Å². The Hall–Kier alpha value is -1.25. The molecule has 0 fully saturated rings. The lowest BCUT2D eigenvalue weighted by Gasteiger charge is -2.06. The summed E-state index contributed by atoms with van der Waals surface area (Å²) in [5.41, 5.74) is 0. The number of ether oxygens (including phenoxy) is 2. The molecule has 0 aromatic carbocycles. The van der Waals surface area contributed by atoms with Gasteiger partial charge in [-0.05, 0) is 57.8 Å². The van der Waals surface area contributed by atoms with E-state index in [2.05, 4.69) is 38.2 Å². The summed E-state index contributed by atoms with van der Waals surface area (Å²) in [6.45, 7) is 5.48. The Bertz CT molecular complexity index is 456. The van der Waals surface area contributed by atoms with Crippen molar-refractivity contribution < 1.29 is 14.3 Å². The van der Waals surface area contributed by atoms with E-state index in [1.807, 2.05) is 0 Å². The summed E-state index contributed by atoms with van der Waals surface area (Å²) >= 11 is 0. The molecule has 0 saturated carbocycles. The Morgan fingerprint density at radius 3 is 1.18 bits per heavy atom. The van der Waals surface area contributed by atoms with Gasteiger partial charge in [0.2, 0.25) is 0 Å². The van der Waals surface area contributed by atoms with E-state index >= 15 is 0 Å². The van der Waals surface area contributed by atoms with Gasteiger partial charge in [0.15, 0.2) is 0 Å². The first-order valence-electron chi connectivity index (χ1n) is 14.9. The van der Waals surface area contributed by atoms with Crippen molar-refractivity contribution >= 4 is 6.16 Å². The van der Waals surface area contributed by atoms with Crippen LogP contribution in [0.3, 0.4) is 0 Å². The Balaban J connectivity index is 3.21. The molecule has 0 heterocycles. The molecule has 0 aromatic heterocycles. The number of hydrogen-bond donors (Lipinski definition) is 0. The first-order chi connectivity index (χ1) is 16.8. The fraction of sp³-hybridized carbons (Fsp3) is 0.839. The minimum absolute atomic E-state index is 0.489.